The van der Waals surface area contributed by atoms with E-state index in [1.54, 1.807) is 0 Å². The van der Waals surface area contributed by atoms with Crippen molar-refractivity contribution in [3.63, 3.8) is 0 Å². The van der Waals surface area contributed by atoms with Crippen molar-refractivity contribution < 1.29 is 14.2 Å². The normalized spacial score (nSPS) is 22.7. The Kier molecular flexibility index (Phi) is 5.91. The Hall–Kier alpha value is -1.38. The van der Waals surface area contributed by atoms with Crippen LogP contribution >= 0.6 is 22.6 Å². The molecule has 1 aliphatic carbocycles. The fourth-order valence-electron chi connectivity index (χ4n) is 3.18. The third-order valence-electron chi connectivity index (χ3n) is 4.76. The molecule has 2 aliphatic rings. The molecule has 2 fully saturated rings. The smallest absolute Gasteiger partial charge is 0.216 e. The summed E-state index contributed by atoms with van der Waals surface area (Å²) < 4.78 is 18.6. The number of halogens is 1. The lowest BCUT2D eigenvalue weighted by molar-refractivity contribution is -0.0695. The number of nitrogens with zero attached hydrogens (tertiary/aromatic N) is 2. The topological polar surface area (TPSA) is 43.8 Å². The molecular formula is C20H23IN2O3. The molecule has 0 atom stereocenters. The summed E-state index contributed by atoms with van der Waals surface area (Å²) in [6.07, 6.45) is 2.32. The molecule has 2 aromatic rings. The summed E-state index contributed by atoms with van der Waals surface area (Å²) in [7, 11) is 0. The highest BCUT2D eigenvalue weighted by Crippen LogP contribution is 2.30. The monoisotopic (exact) mass is 466 g/mol. The van der Waals surface area contributed by atoms with Gasteiger partial charge in [-0.25, -0.2) is 0 Å². The van der Waals surface area contributed by atoms with Crippen molar-refractivity contribution in [3.8, 4) is 5.88 Å². The fourth-order valence-corrected chi connectivity index (χ4v) is 3.73. The maximum Gasteiger partial charge on any atom is 0.216 e. The van der Waals surface area contributed by atoms with E-state index in [2.05, 4.69) is 45.7 Å². The summed E-state index contributed by atoms with van der Waals surface area (Å²) in [5.74, 6) is 1.69. The number of hydrogen-bond acceptors (Lipinski definition) is 5. The van der Waals surface area contributed by atoms with Crippen LogP contribution in [0.3, 0.4) is 0 Å². The summed E-state index contributed by atoms with van der Waals surface area (Å²) in [6.45, 7) is 3.94. The molecule has 0 radical (unpaired) electrons. The number of pyridine rings is 1. The molecule has 1 aromatic heterocycles. The minimum atomic E-state index is 0.194. The van der Waals surface area contributed by atoms with Crippen LogP contribution in [-0.4, -0.2) is 43.5 Å². The number of aromatic nitrogens is 1. The Morgan fingerprint density at radius 2 is 1.85 bits per heavy atom. The van der Waals surface area contributed by atoms with Crippen LogP contribution in [-0.2, 0) is 16.1 Å². The van der Waals surface area contributed by atoms with Gasteiger partial charge < -0.3 is 19.1 Å². The Labute approximate surface area is 167 Å². The highest BCUT2D eigenvalue weighted by Gasteiger charge is 2.32. The lowest BCUT2D eigenvalue weighted by Crippen LogP contribution is -2.40. The van der Waals surface area contributed by atoms with E-state index in [4.69, 9.17) is 19.2 Å². The summed E-state index contributed by atoms with van der Waals surface area (Å²) in [5.41, 5.74) is 1.21. The molecule has 5 nitrogen and oxygen atoms in total. The van der Waals surface area contributed by atoms with Crippen LogP contribution in [0.4, 0.5) is 5.82 Å². The number of anilines is 1. The average molecular weight is 466 g/mol. The molecule has 0 amide bonds. The fraction of sp³-hybridized carbons (Fsp3) is 0.450. The van der Waals surface area contributed by atoms with Crippen molar-refractivity contribution in [2.75, 3.05) is 31.2 Å². The minimum Gasteiger partial charge on any atom is -0.474 e. The summed E-state index contributed by atoms with van der Waals surface area (Å²) in [5, 5.41) is 0. The van der Waals surface area contributed by atoms with E-state index in [1.165, 1.54) is 5.56 Å². The van der Waals surface area contributed by atoms with E-state index in [9.17, 15) is 0 Å². The summed E-state index contributed by atoms with van der Waals surface area (Å²) in [6, 6.07) is 14.4. The molecule has 0 spiro atoms. The molecule has 0 bridgehead atoms. The summed E-state index contributed by atoms with van der Waals surface area (Å²) in [4.78, 5) is 6.96. The second kappa shape index (κ2) is 8.54. The number of hydrogen-bond donors (Lipinski definition) is 0. The minimum absolute atomic E-state index is 0.194. The van der Waals surface area contributed by atoms with Crippen LogP contribution in [0.25, 0.3) is 0 Å². The molecule has 1 saturated carbocycles. The van der Waals surface area contributed by atoms with Crippen LogP contribution in [0.2, 0.25) is 0 Å². The van der Waals surface area contributed by atoms with Gasteiger partial charge in [-0.05, 0) is 34.2 Å². The first-order valence-corrected chi connectivity index (χ1v) is 10.2. The predicted octanol–water partition coefficient (Wildman–Crippen LogP) is 3.65. The van der Waals surface area contributed by atoms with E-state index in [1.807, 2.05) is 24.3 Å². The molecule has 1 aromatic carbocycles. The van der Waals surface area contributed by atoms with Gasteiger partial charge in [-0.15, -0.1) is 0 Å². The van der Waals surface area contributed by atoms with Crippen LogP contribution in [0.1, 0.15) is 18.4 Å². The lowest BCUT2D eigenvalue weighted by Gasteiger charge is -2.35. The molecule has 138 valence electrons. The number of benzene rings is 1. The molecule has 1 aliphatic heterocycles. The molecule has 1 saturated heterocycles. The van der Waals surface area contributed by atoms with Crippen LogP contribution in [0, 0.1) is 3.57 Å². The van der Waals surface area contributed by atoms with Gasteiger partial charge in [0.05, 0.1) is 25.9 Å². The zero-order valence-electron chi connectivity index (χ0n) is 14.6. The molecule has 0 unspecified atom stereocenters. The van der Waals surface area contributed by atoms with Gasteiger partial charge in [-0.1, -0.05) is 30.3 Å². The SMILES string of the molecule is Ic1cc(OC2CC(OCc3ccccc3)C2)nc(N2CCOCC2)c1. The Bertz CT molecular complexity index is 716. The summed E-state index contributed by atoms with van der Waals surface area (Å²) >= 11 is 2.33. The third kappa shape index (κ3) is 4.66. The Morgan fingerprint density at radius 3 is 2.62 bits per heavy atom. The third-order valence-corrected chi connectivity index (χ3v) is 5.38. The van der Waals surface area contributed by atoms with Gasteiger partial charge >= 0.3 is 0 Å². The van der Waals surface area contributed by atoms with Gasteiger partial charge in [0.2, 0.25) is 5.88 Å². The molecular weight excluding hydrogens is 443 g/mol. The largest absolute Gasteiger partial charge is 0.474 e. The van der Waals surface area contributed by atoms with Crippen molar-refractivity contribution >= 4 is 28.4 Å². The second-order valence-electron chi connectivity index (χ2n) is 6.71. The molecule has 6 heteroatoms. The van der Waals surface area contributed by atoms with E-state index in [0.29, 0.717) is 12.5 Å². The Balaban J connectivity index is 1.28. The quantitative estimate of drug-likeness (QED) is 0.609. The molecule has 2 heterocycles. The number of morpholine rings is 1. The van der Waals surface area contributed by atoms with E-state index >= 15 is 0 Å². The number of ether oxygens (including phenoxy) is 3. The van der Waals surface area contributed by atoms with Gasteiger partial charge in [0, 0.05) is 35.6 Å². The zero-order chi connectivity index (χ0) is 17.8. The molecule has 0 N–H and O–H groups in total. The van der Waals surface area contributed by atoms with Gasteiger partial charge in [0.15, 0.2) is 0 Å². The van der Waals surface area contributed by atoms with Crippen molar-refractivity contribution in [3.05, 3.63) is 51.6 Å². The standard InChI is InChI=1S/C20H23IN2O3/c21-16-10-19(23-6-8-24-9-7-23)22-20(11-16)26-18-12-17(13-18)25-14-15-4-2-1-3-5-15/h1-5,10-11,17-18H,6-9,12-14H2. The highest BCUT2D eigenvalue weighted by molar-refractivity contribution is 14.1. The maximum absolute atomic E-state index is 6.09. The Morgan fingerprint density at radius 1 is 1.08 bits per heavy atom. The first kappa shape index (κ1) is 18.0. The molecule has 4 rings (SSSR count). The average Bonchev–Trinajstić information content (AvgIpc) is 2.64. The van der Waals surface area contributed by atoms with Gasteiger partial charge in [-0.3, -0.25) is 0 Å². The van der Waals surface area contributed by atoms with Crippen molar-refractivity contribution in [2.24, 2.45) is 0 Å². The zero-order valence-corrected chi connectivity index (χ0v) is 16.8. The highest BCUT2D eigenvalue weighted by atomic mass is 127. The first-order valence-electron chi connectivity index (χ1n) is 9.09. The van der Waals surface area contributed by atoms with Crippen molar-refractivity contribution in [1.29, 1.82) is 0 Å². The van der Waals surface area contributed by atoms with Gasteiger partial charge in [0.25, 0.3) is 0 Å². The van der Waals surface area contributed by atoms with Crippen LogP contribution in [0.15, 0.2) is 42.5 Å². The van der Waals surface area contributed by atoms with Crippen LogP contribution in [0.5, 0.6) is 5.88 Å². The van der Waals surface area contributed by atoms with Crippen LogP contribution < -0.4 is 9.64 Å². The van der Waals surface area contributed by atoms with E-state index in [-0.39, 0.29) is 12.2 Å². The predicted molar refractivity (Wildman–Crippen MR) is 109 cm³/mol. The van der Waals surface area contributed by atoms with Gasteiger partial charge in [-0.2, -0.15) is 4.98 Å². The van der Waals surface area contributed by atoms with Gasteiger partial charge in [0.1, 0.15) is 11.9 Å². The van der Waals surface area contributed by atoms with E-state index in [0.717, 1.165) is 48.5 Å². The van der Waals surface area contributed by atoms with Crippen molar-refractivity contribution in [1.82, 2.24) is 4.98 Å². The second-order valence-corrected chi connectivity index (χ2v) is 7.96. The maximum atomic E-state index is 6.09. The molecule has 26 heavy (non-hydrogen) atoms. The number of rotatable bonds is 6. The first-order chi connectivity index (χ1) is 12.8. The lowest BCUT2D eigenvalue weighted by atomic mass is 9.92. The van der Waals surface area contributed by atoms with Crippen molar-refractivity contribution in [2.45, 2.75) is 31.7 Å². The van der Waals surface area contributed by atoms with E-state index < -0.39 is 0 Å².